The normalized spacial score (nSPS) is 10.9. The first kappa shape index (κ1) is 9.63. The largest absolute Gasteiger partial charge is 0.361 e. The fraction of sp³-hybridized carbons (Fsp3) is 0.250. The maximum absolute atomic E-state index is 4.23. The monoisotopic (exact) mass is 231 g/mol. The van der Waals surface area contributed by atoms with Crippen LogP contribution < -0.4 is 5.32 Å². The highest BCUT2D eigenvalue weighted by molar-refractivity contribution is 5.82. The Kier molecular flexibility index (Phi) is 2.14. The minimum Gasteiger partial charge on any atom is -0.361 e. The topological polar surface area (TPSA) is 110 Å². The van der Waals surface area contributed by atoms with Crippen LogP contribution in [0.15, 0.2) is 12.7 Å². The summed E-state index contributed by atoms with van der Waals surface area (Å²) in [5, 5.41) is 16.6. The number of aromatic amines is 1. The lowest BCUT2D eigenvalue weighted by atomic mass is 10.4. The van der Waals surface area contributed by atoms with Gasteiger partial charge >= 0.3 is 0 Å². The summed E-state index contributed by atoms with van der Waals surface area (Å²) in [5.41, 5.74) is 1.49. The van der Waals surface area contributed by atoms with Gasteiger partial charge in [0.15, 0.2) is 17.3 Å². The summed E-state index contributed by atoms with van der Waals surface area (Å²) in [7, 11) is 1.88. The molecular formula is C8H9N9. The van der Waals surface area contributed by atoms with Crippen molar-refractivity contribution < 1.29 is 0 Å². The first-order valence-electron chi connectivity index (χ1n) is 4.93. The Morgan fingerprint density at radius 2 is 2.29 bits per heavy atom. The molecule has 9 nitrogen and oxygen atoms in total. The zero-order valence-electron chi connectivity index (χ0n) is 8.99. The number of hydrogen-bond acceptors (Lipinski definition) is 7. The molecule has 0 aliphatic carbocycles. The molecule has 0 fully saturated rings. The van der Waals surface area contributed by atoms with Crippen LogP contribution >= 0.6 is 0 Å². The van der Waals surface area contributed by atoms with Crippen molar-refractivity contribution in [3.63, 3.8) is 0 Å². The number of tetrazole rings is 1. The van der Waals surface area contributed by atoms with Gasteiger partial charge in [0.2, 0.25) is 0 Å². The third-order valence-electron chi connectivity index (χ3n) is 2.30. The van der Waals surface area contributed by atoms with Gasteiger partial charge in [0.25, 0.3) is 0 Å². The van der Waals surface area contributed by atoms with Crippen molar-refractivity contribution in [2.24, 2.45) is 7.05 Å². The maximum atomic E-state index is 4.23. The zero-order chi connectivity index (χ0) is 11.7. The predicted octanol–water partition coefficient (Wildman–Crippen LogP) is -0.512. The molecule has 0 saturated heterocycles. The minimum atomic E-state index is 0.430. The Morgan fingerprint density at radius 3 is 3.12 bits per heavy atom. The third-order valence-corrected chi connectivity index (χ3v) is 2.30. The van der Waals surface area contributed by atoms with Gasteiger partial charge < -0.3 is 9.88 Å². The van der Waals surface area contributed by atoms with Crippen molar-refractivity contribution in [2.45, 2.75) is 6.54 Å². The van der Waals surface area contributed by atoms with Crippen molar-refractivity contribution in [1.29, 1.82) is 0 Å². The molecule has 17 heavy (non-hydrogen) atoms. The Bertz CT molecular complexity index is 626. The molecular weight excluding hydrogens is 222 g/mol. The molecule has 0 aromatic carbocycles. The van der Waals surface area contributed by atoms with Gasteiger partial charge in [-0.1, -0.05) is 5.21 Å². The molecule has 3 rings (SSSR count). The number of nitrogens with one attached hydrogen (secondary N) is 2. The van der Waals surface area contributed by atoms with E-state index in [1.165, 1.54) is 6.33 Å². The summed E-state index contributed by atoms with van der Waals surface area (Å²) in [6, 6.07) is 0. The molecule has 0 aliphatic heterocycles. The third kappa shape index (κ3) is 1.67. The first-order valence-corrected chi connectivity index (χ1v) is 4.93. The highest BCUT2D eigenvalue weighted by atomic mass is 15.5. The highest BCUT2D eigenvalue weighted by Gasteiger charge is 2.08. The van der Waals surface area contributed by atoms with E-state index >= 15 is 0 Å². The van der Waals surface area contributed by atoms with Gasteiger partial charge in [-0.25, -0.2) is 15.0 Å². The Hall–Kier alpha value is -2.58. The molecule has 0 radical (unpaired) electrons. The van der Waals surface area contributed by atoms with Gasteiger partial charge in [0.1, 0.15) is 11.8 Å². The SMILES string of the molecule is Cn1cnc2c(NCc3nn[nH]n3)ncnc21. The predicted molar refractivity (Wildman–Crippen MR) is 57.8 cm³/mol. The van der Waals surface area contributed by atoms with Gasteiger partial charge in [-0.2, -0.15) is 5.21 Å². The number of aromatic nitrogens is 8. The standard InChI is InChI=1S/C8H9N9/c1-17-4-12-6-7(10-3-11-8(6)17)9-2-5-13-15-16-14-5/h3-4H,2H2,1H3,(H,9,10,11)(H,13,14,15,16). The lowest BCUT2D eigenvalue weighted by molar-refractivity contribution is 0.881. The molecule has 0 aliphatic rings. The van der Waals surface area contributed by atoms with Crippen LogP contribution in [0.3, 0.4) is 0 Å². The van der Waals surface area contributed by atoms with Crippen molar-refractivity contribution in [1.82, 2.24) is 40.1 Å². The second-order valence-electron chi connectivity index (χ2n) is 3.43. The molecule has 0 saturated carbocycles. The van der Waals surface area contributed by atoms with E-state index in [-0.39, 0.29) is 0 Å². The number of imidazole rings is 1. The fourth-order valence-corrected chi connectivity index (χ4v) is 1.50. The first-order chi connectivity index (χ1) is 8.34. The average molecular weight is 231 g/mol. The molecule has 0 bridgehead atoms. The van der Waals surface area contributed by atoms with E-state index in [1.807, 2.05) is 11.6 Å². The summed E-state index contributed by atoms with van der Waals surface area (Å²) in [6.45, 7) is 0.430. The summed E-state index contributed by atoms with van der Waals surface area (Å²) in [4.78, 5) is 12.5. The molecule has 2 N–H and O–H groups in total. The van der Waals surface area contributed by atoms with Crippen LogP contribution in [0.1, 0.15) is 5.82 Å². The average Bonchev–Trinajstić information content (AvgIpc) is 2.97. The number of fused-ring (bicyclic) bond motifs is 1. The number of aryl methyl sites for hydroxylation is 1. The van der Waals surface area contributed by atoms with E-state index in [0.717, 1.165) is 11.2 Å². The Morgan fingerprint density at radius 1 is 1.35 bits per heavy atom. The maximum Gasteiger partial charge on any atom is 0.193 e. The van der Waals surface area contributed by atoms with E-state index < -0.39 is 0 Å². The number of rotatable bonds is 3. The van der Waals surface area contributed by atoms with Crippen molar-refractivity contribution in [2.75, 3.05) is 5.32 Å². The fourth-order valence-electron chi connectivity index (χ4n) is 1.50. The smallest absolute Gasteiger partial charge is 0.193 e. The summed E-state index contributed by atoms with van der Waals surface area (Å²) >= 11 is 0. The van der Waals surface area contributed by atoms with E-state index in [0.29, 0.717) is 18.2 Å². The van der Waals surface area contributed by atoms with Gasteiger partial charge in [0, 0.05) is 7.05 Å². The molecule has 3 aromatic heterocycles. The van der Waals surface area contributed by atoms with Crippen LogP contribution in [0.5, 0.6) is 0 Å². The van der Waals surface area contributed by atoms with Gasteiger partial charge in [0.05, 0.1) is 12.9 Å². The lowest BCUT2D eigenvalue weighted by Gasteiger charge is -2.02. The number of hydrogen-bond donors (Lipinski definition) is 2. The molecule has 0 spiro atoms. The zero-order valence-corrected chi connectivity index (χ0v) is 8.99. The van der Waals surface area contributed by atoms with Gasteiger partial charge in [-0.15, -0.1) is 10.2 Å². The van der Waals surface area contributed by atoms with Crippen LogP contribution in [0.25, 0.3) is 11.2 Å². The van der Waals surface area contributed by atoms with Crippen molar-refractivity contribution in [3.05, 3.63) is 18.5 Å². The number of anilines is 1. The Balaban J connectivity index is 1.90. The molecule has 0 atom stereocenters. The second-order valence-corrected chi connectivity index (χ2v) is 3.43. The highest BCUT2D eigenvalue weighted by Crippen LogP contribution is 2.16. The van der Waals surface area contributed by atoms with Crippen molar-refractivity contribution >= 4 is 17.0 Å². The summed E-state index contributed by atoms with van der Waals surface area (Å²) < 4.78 is 1.83. The summed E-state index contributed by atoms with van der Waals surface area (Å²) in [6.07, 6.45) is 3.18. The molecule has 9 heteroatoms. The van der Waals surface area contributed by atoms with Gasteiger partial charge in [-0.3, -0.25) is 0 Å². The molecule has 0 amide bonds. The van der Waals surface area contributed by atoms with Crippen LogP contribution in [0.4, 0.5) is 5.82 Å². The number of H-pyrrole nitrogens is 1. The van der Waals surface area contributed by atoms with E-state index in [9.17, 15) is 0 Å². The van der Waals surface area contributed by atoms with E-state index in [1.54, 1.807) is 6.33 Å². The van der Waals surface area contributed by atoms with E-state index in [2.05, 4.69) is 40.9 Å². The molecule has 3 heterocycles. The molecule has 86 valence electrons. The number of nitrogens with zero attached hydrogens (tertiary/aromatic N) is 7. The van der Waals surface area contributed by atoms with E-state index in [4.69, 9.17) is 0 Å². The quantitative estimate of drug-likeness (QED) is 0.624. The second kappa shape index (κ2) is 3.77. The van der Waals surface area contributed by atoms with Crippen LogP contribution in [0.2, 0.25) is 0 Å². The van der Waals surface area contributed by atoms with Crippen LogP contribution in [-0.2, 0) is 13.6 Å². The minimum absolute atomic E-state index is 0.430. The lowest BCUT2D eigenvalue weighted by Crippen LogP contribution is -2.04. The van der Waals surface area contributed by atoms with Gasteiger partial charge in [-0.05, 0) is 0 Å². The summed E-state index contributed by atoms with van der Waals surface area (Å²) in [5.74, 6) is 1.22. The molecule has 0 unspecified atom stereocenters. The Labute approximate surface area is 95.3 Å². The van der Waals surface area contributed by atoms with Crippen LogP contribution in [-0.4, -0.2) is 40.1 Å². The van der Waals surface area contributed by atoms with Crippen LogP contribution in [0, 0.1) is 0 Å². The molecule has 3 aromatic rings. The van der Waals surface area contributed by atoms with Crippen molar-refractivity contribution in [3.8, 4) is 0 Å².